The van der Waals surface area contributed by atoms with Crippen molar-refractivity contribution in [2.45, 2.75) is 25.6 Å². The number of fused-ring (bicyclic) bond motifs is 1. The van der Waals surface area contributed by atoms with Crippen molar-refractivity contribution in [3.63, 3.8) is 0 Å². The van der Waals surface area contributed by atoms with Crippen LogP contribution in [0.25, 0.3) is 11.0 Å². The van der Waals surface area contributed by atoms with Crippen molar-refractivity contribution in [1.82, 2.24) is 20.2 Å². The third-order valence-corrected chi connectivity index (χ3v) is 6.93. The second-order valence-electron chi connectivity index (χ2n) is 7.35. The molecule has 29 heavy (non-hydrogen) atoms. The van der Waals surface area contributed by atoms with Gasteiger partial charge in [-0.15, -0.1) is 0 Å². The Bertz CT molecular complexity index is 1120. The van der Waals surface area contributed by atoms with Gasteiger partial charge in [-0.2, -0.15) is 0 Å². The molecule has 1 aliphatic rings. The largest absolute Gasteiger partial charge is 0.353 e. The van der Waals surface area contributed by atoms with Gasteiger partial charge in [0, 0.05) is 26.2 Å². The first-order valence-electron chi connectivity index (χ1n) is 9.68. The summed E-state index contributed by atoms with van der Waals surface area (Å²) in [4.78, 5) is 8.64. The number of sulfone groups is 1. The van der Waals surface area contributed by atoms with Crippen molar-refractivity contribution in [3.8, 4) is 0 Å². The molecule has 1 fully saturated rings. The van der Waals surface area contributed by atoms with Gasteiger partial charge in [-0.25, -0.2) is 13.4 Å². The molecule has 1 unspecified atom stereocenters. The van der Waals surface area contributed by atoms with Gasteiger partial charge in [0.15, 0.2) is 15.8 Å². The number of aliphatic imine (C=N–C) groups is 1. The van der Waals surface area contributed by atoms with Gasteiger partial charge in [0.25, 0.3) is 0 Å². The predicted octanol–water partition coefficient (Wildman–Crippen LogP) is 1.94. The second kappa shape index (κ2) is 8.24. The lowest BCUT2D eigenvalue weighted by Gasteiger charge is -2.16. The second-order valence-corrected chi connectivity index (χ2v) is 9.58. The Balaban J connectivity index is 1.33. The van der Waals surface area contributed by atoms with Gasteiger partial charge in [-0.3, -0.25) is 4.99 Å². The van der Waals surface area contributed by atoms with E-state index in [4.69, 9.17) is 0 Å². The van der Waals surface area contributed by atoms with Crippen molar-refractivity contribution in [1.29, 1.82) is 0 Å². The minimum Gasteiger partial charge on any atom is -0.353 e. The van der Waals surface area contributed by atoms with E-state index in [1.165, 1.54) is 5.56 Å². The Morgan fingerprint density at radius 2 is 1.93 bits per heavy atom. The number of para-hydroxylation sites is 2. The normalized spacial score (nSPS) is 18.8. The molecule has 7 nitrogen and oxygen atoms in total. The van der Waals surface area contributed by atoms with Gasteiger partial charge in [0.1, 0.15) is 0 Å². The fraction of sp³-hybridized carbons (Fsp3) is 0.333. The fourth-order valence-electron chi connectivity index (χ4n) is 3.58. The van der Waals surface area contributed by atoms with Gasteiger partial charge >= 0.3 is 0 Å². The minimum atomic E-state index is -2.91. The highest BCUT2D eigenvalue weighted by Crippen LogP contribution is 2.15. The molecule has 1 saturated heterocycles. The van der Waals surface area contributed by atoms with E-state index in [1.54, 1.807) is 7.05 Å². The van der Waals surface area contributed by atoms with Gasteiger partial charge < -0.3 is 15.2 Å². The summed E-state index contributed by atoms with van der Waals surface area (Å²) in [5.41, 5.74) is 4.46. The van der Waals surface area contributed by atoms with Gasteiger partial charge in [0.05, 0.1) is 28.9 Å². The molecule has 0 aliphatic carbocycles. The smallest absolute Gasteiger partial charge is 0.191 e. The summed E-state index contributed by atoms with van der Waals surface area (Å²) < 4.78 is 25.3. The fourth-order valence-corrected chi connectivity index (χ4v) is 5.25. The quantitative estimate of drug-likeness (QED) is 0.495. The minimum absolute atomic E-state index is 0.0708. The molecular formula is C21H25N5O2S. The number of nitrogens with one attached hydrogen (secondary N) is 2. The lowest BCUT2D eigenvalue weighted by molar-refractivity contribution is 0.599. The Labute approximate surface area is 170 Å². The zero-order valence-electron chi connectivity index (χ0n) is 16.4. The average molecular weight is 412 g/mol. The Hall–Kier alpha value is -2.87. The van der Waals surface area contributed by atoms with E-state index in [0.29, 0.717) is 18.9 Å². The van der Waals surface area contributed by atoms with Crippen LogP contribution >= 0.6 is 0 Å². The number of aromatic nitrogens is 2. The van der Waals surface area contributed by atoms with E-state index < -0.39 is 9.84 Å². The summed E-state index contributed by atoms with van der Waals surface area (Å²) in [6.45, 7) is 1.39. The molecule has 0 amide bonds. The lowest BCUT2D eigenvalue weighted by Crippen LogP contribution is -2.43. The van der Waals surface area contributed by atoms with Crippen LogP contribution < -0.4 is 10.6 Å². The van der Waals surface area contributed by atoms with Crippen molar-refractivity contribution in [2.75, 3.05) is 18.6 Å². The maximum atomic E-state index is 11.6. The maximum Gasteiger partial charge on any atom is 0.191 e. The van der Waals surface area contributed by atoms with Crippen LogP contribution in [0.5, 0.6) is 0 Å². The molecular weight excluding hydrogens is 386 g/mol. The highest BCUT2D eigenvalue weighted by molar-refractivity contribution is 7.91. The molecule has 8 heteroatoms. The summed E-state index contributed by atoms with van der Waals surface area (Å²) in [5, 5.41) is 6.46. The zero-order chi connectivity index (χ0) is 20.3. The zero-order valence-corrected chi connectivity index (χ0v) is 17.2. The van der Waals surface area contributed by atoms with E-state index in [-0.39, 0.29) is 17.5 Å². The van der Waals surface area contributed by atoms with Gasteiger partial charge in [0.2, 0.25) is 0 Å². The number of hydrogen-bond acceptors (Lipinski definition) is 4. The van der Waals surface area contributed by atoms with E-state index in [2.05, 4.69) is 55.5 Å². The molecule has 1 atom stereocenters. The summed E-state index contributed by atoms with van der Waals surface area (Å²) >= 11 is 0. The average Bonchev–Trinajstić information content (AvgIpc) is 3.29. The van der Waals surface area contributed by atoms with E-state index in [0.717, 1.165) is 23.1 Å². The summed E-state index contributed by atoms with van der Waals surface area (Å²) in [6, 6.07) is 16.5. The third kappa shape index (κ3) is 4.76. The first-order valence-corrected chi connectivity index (χ1v) is 11.5. The van der Waals surface area contributed by atoms with E-state index in [9.17, 15) is 8.42 Å². The molecule has 1 aromatic heterocycles. The molecule has 4 rings (SSSR count). The Kier molecular flexibility index (Phi) is 5.53. The standard InChI is InChI=1S/C21H25N5O2S/c1-22-21(25-18-10-11-29(27,28)14-18)23-12-16-6-8-17(9-7-16)13-26-15-24-19-4-2-3-5-20(19)26/h2-9,15,18H,10-14H2,1H3,(H2,22,23,25). The lowest BCUT2D eigenvalue weighted by atomic mass is 10.1. The van der Waals surface area contributed by atoms with Gasteiger partial charge in [-0.05, 0) is 29.7 Å². The van der Waals surface area contributed by atoms with Crippen LogP contribution in [-0.4, -0.2) is 48.5 Å². The molecule has 3 aromatic rings. The number of guanidine groups is 1. The number of nitrogens with zero attached hydrogens (tertiary/aromatic N) is 3. The number of rotatable bonds is 5. The monoisotopic (exact) mass is 411 g/mol. The molecule has 0 radical (unpaired) electrons. The van der Waals surface area contributed by atoms with Crippen LogP contribution in [0.3, 0.4) is 0 Å². The summed E-state index contributed by atoms with van der Waals surface area (Å²) in [6.07, 6.45) is 2.50. The Morgan fingerprint density at radius 1 is 1.17 bits per heavy atom. The van der Waals surface area contributed by atoms with Crippen molar-refractivity contribution >= 4 is 26.8 Å². The van der Waals surface area contributed by atoms with Crippen LogP contribution in [0.1, 0.15) is 17.5 Å². The highest BCUT2D eigenvalue weighted by Gasteiger charge is 2.28. The summed E-state index contributed by atoms with van der Waals surface area (Å²) in [5.74, 6) is 1.04. The van der Waals surface area contributed by atoms with Crippen molar-refractivity contribution < 1.29 is 8.42 Å². The van der Waals surface area contributed by atoms with Crippen LogP contribution in [0.15, 0.2) is 59.9 Å². The third-order valence-electron chi connectivity index (χ3n) is 5.16. The molecule has 2 heterocycles. The molecule has 2 N–H and O–H groups in total. The maximum absolute atomic E-state index is 11.6. The first kappa shape index (κ1) is 19.4. The van der Waals surface area contributed by atoms with Crippen LogP contribution in [-0.2, 0) is 22.9 Å². The number of benzene rings is 2. The van der Waals surface area contributed by atoms with Crippen LogP contribution in [0.2, 0.25) is 0 Å². The highest BCUT2D eigenvalue weighted by atomic mass is 32.2. The molecule has 0 saturated carbocycles. The van der Waals surface area contributed by atoms with E-state index >= 15 is 0 Å². The van der Waals surface area contributed by atoms with Crippen LogP contribution in [0, 0.1) is 0 Å². The van der Waals surface area contributed by atoms with Gasteiger partial charge in [-0.1, -0.05) is 36.4 Å². The van der Waals surface area contributed by atoms with Crippen LogP contribution in [0.4, 0.5) is 0 Å². The van der Waals surface area contributed by atoms with Crippen molar-refractivity contribution in [2.24, 2.45) is 4.99 Å². The number of imidazole rings is 1. The number of hydrogen-bond donors (Lipinski definition) is 2. The topological polar surface area (TPSA) is 88.4 Å². The Morgan fingerprint density at radius 3 is 2.66 bits per heavy atom. The molecule has 152 valence electrons. The first-order chi connectivity index (χ1) is 14.0. The predicted molar refractivity (Wildman–Crippen MR) is 116 cm³/mol. The molecule has 0 bridgehead atoms. The molecule has 0 spiro atoms. The van der Waals surface area contributed by atoms with Crippen molar-refractivity contribution in [3.05, 3.63) is 66.0 Å². The summed E-state index contributed by atoms with van der Waals surface area (Å²) in [7, 11) is -1.22. The molecule has 1 aliphatic heterocycles. The molecule has 2 aromatic carbocycles. The SMILES string of the molecule is CN=C(NCc1ccc(Cn2cnc3ccccc32)cc1)NC1CCS(=O)(=O)C1. The van der Waals surface area contributed by atoms with E-state index in [1.807, 2.05) is 24.5 Å².